The van der Waals surface area contributed by atoms with E-state index in [-0.39, 0.29) is 0 Å². The van der Waals surface area contributed by atoms with Gasteiger partial charge in [-0.1, -0.05) is 17.8 Å². The largest absolute Gasteiger partial charge is 0.308 e. The topological polar surface area (TPSA) is 81.7 Å². The molecule has 0 saturated heterocycles. The zero-order chi connectivity index (χ0) is 11.4. The number of hydrazine groups is 1. The highest BCUT2D eigenvalue weighted by atomic mass is 32.2. The van der Waals surface area contributed by atoms with Gasteiger partial charge in [0.25, 0.3) is 0 Å². The number of pyridine rings is 1. The summed E-state index contributed by atoms with van der Waals surface area (Å²) in [7, 11) is 1.86. The van der Waals surface area contributed by atoms with Crippen molar-refractivity contribution >= 4 is 17.6 Å². The van der Waals surface area contributed by atoms with Gasteiger partial charge in [-0.2, -0.15) is 5.10 Å². The minimum atomic E-state index is 0.692. The Labute approximate surface area is 97.2 Å². The fourth-order valence-electron chi connectivity index (χ4n) is 1.24. The molecule has 0 atom stereocenters. The molecule has 0 aliphatic carbocycles. The normalized spacial score (nSPS) is 10.4. The first kappa shape index (κ1) is 10.9. The van der Waals surface area contributed by atoms with Gasteiger partial charge in [0.2, 0.25) is 0 Å². The number of aromatic nitrogens is 4. The summed E-state index contributed by atoms with van der Waals surface area (Å²) in [6.45, 7) is 0. The Morgan fingerprint density at radius 3 is 3.06 bits per heavy atom. The zero-order valence-corrected chi connectivity index (χ0v) is 9.61. The molecule has 2 aromatic heterocycles. The molecule has 0 saturated carbocycles. The number of aryl methyl sites for hydroxylation is 1. The number of nitrogens with one attached hydrogen (secondary N) is 1. The fraction of sp³-hybridized carbons (Fsp3) is 0.222. The van der Waals surface area contributed by atoms with E-state index in [0.29, 0.717) is 5.82 Å². The van der Waals surface area contributed by atoms with Crippen LogP contribution in [0.4, 0.5) is 5.82 Å². The van der Waals surface area contributed by atoms with Crippen molar-refractivity contribution in [3.05, 3.63) is 30.2 Å². The number of nitrogen functional groups attached to an aromatic ring is 1. The average molecular weight is 236 g/mol. The van der Waals surface area contributed by atoms with Gasteiger partial charge in [0.15, 0.2) is 5.16 Å². The SMILES string of the molecule is Cn1ncnc1SCc1cccnc1NN. The van der Waals surface area contributed by atoms with Crippen molar-refractivity contribution in [2.24, 2.45) is 12.9 Å². The molecule has 2 heterocycles. The summed E-state index contributed by atoms with van der Waals surface area (Å²) in [4.78, 5) is 8.26. The molecule has 7 heteroatoms. The number of thioether (sulfide) groups is 1. The molecule has 0 bridgehead atoms. The van der Waals surface area contributed by atoms with Crippen LogP contribution in [-0.2, 0) is 12.8 Å². The summed E-state index contributed by atoms with van der Waals surface area (Å²) >= 11 is 1.59. The molecule has 0 radical (unpaired) electrons. The van der Waals surface area contributed by atoms with Crippen molar-refractivity contribution in [1.29, 1.82) is 0 Å². The van der Waals surface area contributed by atoms with Crippen molar-refractivity contribution in [1.82, 2.24) is 19.7 Å². The predicted molar refractivity (Wildman–Crippen MR) is 62.6 cm³/mol. The highest BCUT2D eigenvalue weighted by Crippen LogP contribution is 2.22. The smallest absolute Gasteiger partial charge is 0.186 e. The molecule has 2 rings (SSSR count). The van der Waals surface area contributed by atoms with Crippen LogP contribution in [0.25, 0.3) is 0 Å². The number of nitrogens with zero attached hydrogens (tertiary/aromatic N) is 4. The zero-order valence-electron chi connectivity index (χ0n) is 8.79. The van der Waals surface area contributed by atoms with E-state index in [2.05, 4.69) is 20.5 Å². The molecule has 0 aliphatic heterocycles. The summed E-state index contributed by atoms with van der Waals surface area (Å²) in [5, 5.41) is 4.87. The maximum atomic E-state index is 5.37. The summed E-state index contributed by atoms with van der Waals surface area (Å²) < 4.78 is 1.73. The Morgan fingerprint density at radius 1 is 1.50 bits per heavy atom. The molecule has 0 fully saturated rings. The van der Waals surface area contributed by atoms with E-state index >= 15 is 0 Å². The molecule has 0 aliphatic rings. The number of rotatable bonds is 4. The quantitative estimate of drug-likeness (QED) is 0.464. The lowest BCUT2D eigenvalue weighted by molar-refractivity contribution is 0.685. The molecule has 0 amide bonds. The Hall–Kier alpha value is -1.60. The monoisotopic (exact) mass is 236 g/mol. The van der Waals surface area contributed by atoms with E-state index in [4.69, 9.17) is 5.84 Å². The minimum Gasteiger partial charge on any atom is -0.308 e. The molecule has 16 heavy (non-hydrogen) atoms. The molecule has 0 unspecified atom stereocenters. The van der Waals surface area contributed by atoms with Gasteiger partial charge in [-0.05, 0) is 6.07 Å². The Morgan fingerprint density at radius 2 is 2.38 bits per heavy atom. The third-order valence-electron chi connectivity index (χ3n) is 2.05. The second-order valence-corrected chi connectivity index (χ2v) is 4.05. The van der Waals surface area contributed by atoms with E-state index in [1.165, 1.54) is 6.33 Å². The standard InChI is InChI=1S/C9H12N6S/c1-15-9(12-6-13-15)16-5-7-3-2-4-11-8(7)14-10/h2-4,6H,5,10H2,1H3,(H,11,14). The summed E-state index contributed by atoms with van der Waals surface area (Å²) in [6.07, 6.45) is 3.24. The number of hydrogen-bond donors (Lipinski definition) is 2. The molecule has 2 aromatic rings. The highest BCUT2D eigenvalue weighted by Gasteiger charge is 2.05. The molecule has 0 aromatic carbocycles. The number of anilines is 1. The molecule has 6 nitrogen and oxygen atoms in total. The second-order valence-electron chi connectivity index (χ2n) is 3.11. The average Bonchev–Trinajstić information content (AvgIpc) is 2.72. The van der Waals surface area contributed by atoms with Gasteiger partial charge in [0, 0.05) is 24.6 Å². The fourth-order valence-corrected chi connectivity index (χ4v) is 2.12. The van der Waals surface area contributed by atoms with Crippen molar-refractivity contribution in [3.63, 3.8) is 0 Å². The first-order valence-corrected chi connectivity index (χ1v) is 5.67. The van der Waals surface area contributed by atoms with E-state index in [1.807, 2.05) is 19.2 Å². The van der Waals surface area contributed by atoms with E-state index in [9.17, 15) is 0 Å². The first-order chi connectivity index (χ1) is 7.81. The molecular formula is C9H12N6S. The maximum Gasteiger partial charge on any atom is 0.186 e. The van der Waals surface area contributed by atoms with Crippen LogP contribution in [0, 0.1) is 0 Å². The van der Waals surface area contributed by atoms with Gasteiger partial charge < -0.3 is 5.43 Å². The van der Waals surface area contributed by atoms with Gasteiger partial charge in [0.05, 0.1) is 0 Å². The molecule has 84 valence electrons. The van der Waals surface area contributed by atoms with Crippen molar-refractivity contribution in [2.75, 3.05) is 5.43 Å². The van der Waals surface area contributed by atoms with Crippen LogP contribution in [-0.4, -0.2) is 19.7 Å². The Bertz CT molecular complexity index is 469. The van der Waals surface area contributed by atoms with Gasteiger partial charge in [0.1, 0.15) is 12.1 Å². The van der Waals surface area contributed by atoms with Crippen LogP contribution in [0.1, 0.15) is 5.56 Å². The van der Waals surface area contributed by atoms with Crippen LogP contribution < -0.4 is 11.3 Å². The minimum absolute atomic E-state index is 0.692. The summed E-state index contributed by atoms with van der Waals surface area (Å²) in [5.41, 5.74) is 3.61. The molecule has 0 spiro atoms. The van der Waals surface area contributed by atoms with Crippen LogP contribution in [0.3, 0.4) is 0 Å². The lowest BCUT2D eigenvalue weighted by Gasteiger charge is -2.06. The Kier molecular flexibility index (Phi) is 3.37. The predicted octanol–water partition coefficient (Wildman–Crippen LogP) is 0.788. The van der Waals surface area contributed by atoms with Gasteiger partial charge in [-0.3, -0.25) is 0 Å². The second kappa shape index (κ2) is 4.95. The van der Waals surface area contributed by atoms with Gasteiger partial charge in [-0.25, -0.2) is 20.5 Å². The summed E-state index contributed by atoms with van der Waals surface area (Å²) in [6, 6.07) is 3.86. The van der Waals surface area contributed by atoms with Crippen molar-refractivity contribution in [3.8, 4) is 0 Å². The summed E-state index contributed by atoms with van der Waals surface area (Å²) in [5.74, 6) is 6.82. The first-order valence-electron chi connectivity index (χ1n) is 4.68. The lowest BCUT2D eigenvalue weighted by Crippen LogP contribution is -2.10. The highest BCUT2D eigenvalue weighted by molar-refractivity contribution is 7.98. The van der Waals surface area contributed by atoms with E-state index < -0.39 is 0 Å². The molecular weight excluding hydrogens is 224 g/mol. The van der Waals surface area contributed by atoms with Crippen LogP contribution >= 0.6 is 11.8 Å². The van der Waals surface area contributed by atoms with Gasteiger partial charge in [-0.15, -0.1) is 0 Å². The van der Waals surface area contributed by atoms with Crippen LogP contribution in [0.2, 0.25) is 0 Å². The van der Waals surface area contributed by atoms with E-state index in [1.54, 1.807) is 22.6 Å². The third-order valence-corrected chi connectivity index (χ3v) is 3.14. The maximum absolute atomic E-state index is 5.37. The van der Waals surface area contributed by atoms with Crippen molar-refractivity contribution < 1.29 is 0 Å². The third kappa shape index (κ3) is 2.31. The van der Waals surface area contributed by atoms with Crippen molar-refractivity contribution in [2.45, 2.75) is 10.9 Å². The van der Waals surface area contributed by atoms with Crippen LogP contribution in [0.15, 0.2) is 29.8 Å². The van der Waals surface area contributed by atoms with E-state index in [0.717, 1.165) is 16.5 Å². The van der Waals surface area contributed by atoms with Crippen LogP contribution in [0.5, 0.6) is 0 Å². The Balaban J connectivity index is 2.07. The lowest BCUT2D eigenvalue weighted by atomic mass is 10.3. The molecule has 3 N–H and O–H groups in total. The number of hydrogen-bond acceptors (Lipinski definition) is 6. The van der Waals surface area contributed by atoms with Gasteiger partial charge >= 0.3 is 0 Å². The number of nitrogens with two attached hydrogens (primary N) is 1.